The molecule has 1 saturated heterocycles. The number of benzene rings is 2. The largest absolute Gasteiger partial charge is 0.492 e. The quantitative estimate of drug-likeness (QED) is 0.721. The first kappa shape index (κ1) is 18.4. The molecule has 0 saturated carbocycles. The lowest BCUT2D eigenvalue weighted by Gasteiger charge is -2.36. The number of nitrogens with zero attached hydrogens (tertiary/aromatic N) is 2. The van der Waals surface area contributed by atoms with Crippen LogP contribution in [0.3, 0.4) is 0 Å². The van der Waals surface area contributed by atoms with E-state index in [-0.39, 0.29) is 6.03 Å². The van der Waals surface area contributed by atoms with Crippen LogP contribution in [0.2, 0.25) is 5.02 Å². The zero-order chi connectivity index (χ0) is 19.0. The van der Waals surface area contributed by atoms with Crippen LogP contribution >= 0.6 is 27.5 Å². The molecular weight excluding hydrogens is 430 g/mol. The van der Waals surface area contributed by atoms with Crippen molar-refractivity contribution in [3.8, 4) is 5.75 Å². The molecule has 0 spiro atoms. The summed E-state index contributed by atoms with van der Waals surface area (Å²) in [4.78, 5) is 16.9. The molecule has 4 rings (SSSR count). The second-order valence-electron chi connectivity index (χ2n) is 6.86. The van der Waals surface area contributed by atoms with E-state index in [4.69, 9.17) is 16.3 Å². The summed E-state index contributed by atoms with van der Waals surface area (Å²) in [6, 6.07) is 10.2. The molecule has 1 N–H and O–H groups in total. The van der Waals surface area contributed by atoms with Gasteiger partial charge in [0.2, 0.25) is 0 Å². The van der Waals surface area contributed by atoms with E-state index in [1.807, 2.05) is 4.90 Å². The minimum absolute atomic E-state index is 0.114. The molecule has 2 aliphatic rings. The molecule has 27 heavy (non-hydrogen) atoms. The number of fused-ring (bicyclic) bond motifs is 1. The Hall–Kier alpha value is -1.92. The number of ether oxygens (including phenoxy) is 1. The van der Waals surface area contributed by atoms with E-state index >= 15 is 0 Å². The van der Waals surface area contributed by atoms with Gasteiger partial charge in [-0.25, -0.2) is 4.79 Å². The lowest BCUT2D eigenvalue weighted by Crippen LogP contribution is -2.50. The number of carbonyl (C=O) groups is 1. The van der Waals surface area contributed by atoms with Gasteiger partial charge in [-0.15, -0.1) is 0 Å². The van der Waals surface area contributed by atoms with Crippen LogP contribution in [0.5, 0.6) is 5.75 Å². The normalized spacial score (nSPS) is 16.1. The highest BCUT2D eigenvalue weighted by Gasteiger charge is 2.26. The van der Waals surface area contributed by atoms with Crippen LogP contribution in [0.1, 0.15) is 11.1 Å². The third kappa shape index (κ3) is 3.73. The van der Waals surface area contributed by atoms with E-state index in [1.165, 1.54) is 11.3 Å². The molecule has 0 atom stereocenters. The summed E-state index contributed by atoms with van der Waals surface area (Å²) >= 11 is 9.86. The topological polar surface area (TPSA) is 44.8 Å². The van der Waals surface area contributed by atoms with Crippen LogP contribution in [0, 0.1) is 6.92 Å². The molecule has 0 radical (unpaired) electrons. The number of anilines is 2. The third-order valence-corrected chi connectivity index (χ3v) is 5.97. The van der Waals surface area contributed by atoms with Gasteiger partial charge in [-0.1, -0.05) is 29.3 Å². The predicted octanol–water partition coefficient (Wildman–Crippen LogP) is 4.70. The SMILES string of the molecule is Cc1ccc(N2CCN(C(=O)Nc3c(Cl)cc(Br)c4c3CCO4)CC2)cc1. The Morgan fingerprint density at radius 2 is 1.89 bits per heavy atom. The molecule has 5 nitrogen and oxygen atoms in total. The van der Waals surface area contributed by atoms with E-state index in [2.05, 4.69) is 57.3 Å². The van der Waals surface area contributed by atoms with Gasteiger partial charge in [0.05, 0.1) is 21.8 Å². The van der Waals surface area contributed by atoms with Crippen molar-refractivity contribution in [1.29, 1.82) is 0 Å². The van der Waals surface area contributed by atoms with Crippen molar-refractivity contribution in [2.75, 3.05) is 43.0 Å². The summed E-state index contributed by atoms with van der Waals surface area (Å²) in [6.07, 6.45) is 0.741. The maximum atomic E-state index is 12.8. The number of amides is 2. The number of hydrogen-bond acceptors (Lipinski definition) is 3. The zero-order valence-corrected chi connectivity index (χ0v) is 17.4. The van der Waals surface area contributed by atoms with Crippen LogP contribution in [0.4, 0.5) is 16.2 Å². The van der Waals surface area contributed by atoms with Crippen LogP contribution in [-0.4, -0.2) is 43.7 Å². The highest BCUT2D eigenvalue weighted by molar-refractivity contribution is 9.10. The number of piperazine rings is 1. The van der Waals surface area contributed by atoms with Crippen molar-refractivity contribution in [2.45, 2.75) is 13.3 Å². The fourth-order valence-electron chi connectivity index (χ4n) is 3.55. The fourth-order valence-corrected chi connectivity index (χ4v) is 4.53. The number of urea groups is 1. The summed E-state index contributed by atoms with van der Waals surface area (Å²) in [5, 5.41) is 3.53. The molecule has 0 aliphatic carbocycles. The maximum Gasteiger partial charge on any atom is 0.322 e. The monoisotopic (exact) mass is 449 g/mol. The number of carbonyl (C=O) groups excluding carboxylic acids is 1. The first-order valence-corrected chi connectivity index (χ1v) is 10.2. The summed E-state index contributed by atoms with van der Waals surface area (Å²) in [6.45, 7) is 5.66. The maximum absolute atomic E-state index is 12.8. The molecule has 2 aromatic rings. The van der Waals surface area contributed by atoms with E-state index in [9.17, 15) is 4.79 Å². The highest BCUT2D eigenvalue weighted by atomic mass is 79.9. The van der Waals surface area contributed by atoms with Crippen molar-refractivity contribution in [1.82, 2.24) is 4.90 Å². The van der Waals surface area contributed by atoms with Gasteiger partial charge in [-0.05, 0) is 41.1 Å². The second-order valence-corrected chi connectivity index (χ2v) is 8.12. The number of hydrogen-bond donors (Lipinski definition) is 1. The lowest BCUT2D eigenvalue weighted by atomic mass is 10.1. The molecule has 2 amide bonds. The Kier molecular flexibility index (Phi) is 5.19. The van der Waals surface area contributed by atoms with Crippen LogP contribution in [0.15, 0.2) is 34.8 Å². The van der Waals surface area contributed by atoms with Gasteiger partial charge in [-0.2, -0.15) is 0 Å². The van der Waals surface area contributed by atoms with Gasteiger partial charge >= 0.3 is 6.03 Å². The summed E-state index contributed by atoms with van der Waals surface area (Å²) in [5.41, 5.74) is 4.07. The van der Waals surface area contributed by atoms with Crippen molar-refractivity contribution in [3.63, 3.8) is 0 Å². The molecule has 2 aliphatic heterocycles. The lowest BCUT2D eigenvalue weighted by molar-refractivity contribution is 0.208. The van der Waals surface area contributed by atoms with Gasteiger partial charge in [0.25, 0.3) is 0 Å². The molecular formula is C20H21BrClN3O2. The Balaban J connectivity index is 1.42. The number of aryl methyl sites for hydroxylation is 1. The van der Waals surface area contributed by atoms with Gasteiger partial charge < -0.3 is 19.9 Å². The zero-order valence-electron chi connectivity index (χ0n) is 15.1. The number of rotatable bonds is 2. The smallest absolute Gasteiger partial charge is 0.322 e. The first-order valence-electron chi connectivity index (χ1n) is 9.04. The Bertz CT molecular complexity index is 865. The van der Waals surface area contributed by atoms with Crippen molar-refractivity contribution < 1.29 is 9.53 Å². The van der Waals surface area contributed by atoms with Crippen molar-refractivity contribution >= 4 is 44.9 Å². The second kappa shape index (κ2) is 7.60. The van der Waals surface area contributed by atoms with E-state index in [0.29, 0.717) is 30.4 Å². The molecule has 142 valence electrons. The first-order chi connectivity index (χ1) is 13.0. The van der Waals surface area contributed by atoms with E-state index in [1.54, 1.807) is 6.07 Å². The molecule has 1 fully saturated rings. The highest BCUT2D eigenvalue weighted by Crippen LogP contribution is 2.43. The molecule has 0 bridgehead atoms. The summed E-state index contributed by atoms with van der Waals surface area (Å²) in [5.74, 6) is 0.777. The average molecular weight is 451 g/mol. The van der Waals surface area contributed by atoms with Crippen molar-refractivity contribution in [3.05, 3.63) is 51.0 Å². The molecule has 2 aromatic carbocycles. The fraction of sp³-hybridized carbons (Fsp3) is 0.350. The standard InChI is InChI=1S/C20H21BrClN3O2/c1-13-2-4-14(5-3-13)24-7-9-25(10-8-24)20(26)23-18-15-6-11-27-19(15)16(21)12-17(18)22/h2-5,12H,6-11H2,1H3,(H,23,26). The molecule has 0 unspecified atom stereocenters. The Morgan fingerprint density at radius 3 is 2.59 bits per heavy atom. The number of nitrogens with one attached hydrogen (secondary N) is 1. The summed E-state index contributed by atoms with van der Waals surface area (Å²) in [7, 11) is 0. The molecule has 7 heteroatoms. The predicted molar refractivity (Wildman–Crippen MR) is 112 cm³/mol. The molecule has 2 heterocycles. The average Bonchev–Trinajstić information content (AvgIpc) is 3.16. The minimum Gasteiger partial charge on any atom is -0.492 e. The van der Waals surface area contributed by atoms with Crippen LogP contribution < -0.4 is 15.0 Å². The summed E-state index contributed by atoms with van der Waals surface area (Å²) < 4.78 is 6.47. The van der Waals surface area contributed by atoms with E-state index < -0.39 is 0 Å². The third-order valence-electron chi connectivity index (χ3n) is 5.08. The van der Waals surface area contributed by atoms with Crippen LogP contribution in [0.25, 0.3) is 0 Å². The van der Waals surface area contributed by atoms with Crippen molar-refractivity contribution in [2.24, 2.45) is 0 Å². The Morgan fingerprint density at radius 1 is 1.19 bits per heavy atom. The Labute approximate surface area is 172 Å². The van der Waals surface area contributed by atoms with Gasteiger partial charge in [-0.3, -0.25) is 0 Å². The van der Waals surface area contributed by atoms with Gasteiger partial charge in [0.15, 0.2) is 0 Å². The molecule has 0 aromatic heterocycles. The number of halogens is 2. The van der Waals surface area contributed by atoms with Gasteiger partial charge in [0, 0.05) is 43.9 Å². The van der Waals surface area contributed by atoms with E-state index in [0.717, 1.165) is 35.3 Å². The van der Waals surface area contributed by atoms with Gasteiger partial charge in [0.1, 0.15) is 5.75 Å². The van der Waals surface area contributed by atoms with Crippen LogP contribution in [-0.2, 0) is 6.42 Å². The minimum atomic E-state index is -0.114.